The Labute approximate surface area is 169 Å². The van der Waals surface area contributed by atoms with Gasteiger partial charge in [-0.15, -0.1) is 0 Å². The van der Waals surface area contributed by atoms with Gasteiger partial charge in [-0.1, -0.05) is 20.8 Å². The van der Waals surface area contributed by atoms with E-state index in [9.17, 15) is 9.59 Å². The molecule has 158 valence electrons. The van der Waals surface area contributed by atoms with Crippen molar-refractivity contribution >= 4 is 21.6 Å². The van der Waals surface area contributed by atoms with Gasteiger partial charge in [0.1, 0.15) is 0 Å². The van der Waals surface area contributed by atoms with Gasteiger partial charge in [0.05, 0.1) is 27.7 Å². The maximum absolute atomic E-state index is 12.8. The molecule has 0 rings (SSSR count). The normalized spacial score (nSPS) is 13.3. The Bertz CT molecular complexity index is 450. The van der Waals surface area contributed by atoms with Gasteiger partial charge in [0.25, 0.3) is 0 Å². The summed E-state index contributed by atoms with van der Waals surface area (Å²) < 4.78 is 5.97. The molecule has 0 heterocycles. The molecular formula is C20H42N3O3Si+. The Hall–Kier alpha value is -0.923. The van der Waals surface area contributed by atoms with E-state index in [1.54, 1.807) is 7.11 Å². The largest absolute Gasteiger partial charge is 0.421 e. The summed E-state index contributed by atoms with van der Waals surface area (Å²) in [7, 11) is 10.5. The Morgan fingerprint density at radius 3 is 2.37 bits per heavy atom. The second-order valence-electron chi connectivity index (χ2n) is 9.03. The lowest BCUT2D eigenvalue weighted by Gasteiger charge is -2.30. The van der Waals surface area contributed by atoms with E-state index >= 15 is 0 Å². The van der Waals surface area contributed by atoms with Crippen LogP contribution < -0.4 is 5.32 Å². The van der Waals surface area contributed by atoms with Crippen LogP contribution in [-0.2, 0) is 14.0 Å². The highest BCUT2D eigenvalue weighted by Crippen LogP contribution is 2.28. The van der Waals surface area contributed by atoms with Crippen LogP contribution in [0.1, 0.15) is 46.5 Å². The average molecular weight is 401 g/mol. The monoisotopic (exact) mass is 400 g/mol. The molecule has 1 N–H and O–H groups in total. The molecule has 6 nitrogen and oxygen atoms in total. The minimum absolute atomic E-state index is 0.0408. The van der Waals surface area contributed by atoms with Crippen molar-refractivity contribution < 1.29 is 18.5 Å². The quantitative estimate of drug-likeness (QED) is 0.276. The number of amides is 2. The van der Waals surface area contributed by atoms with Crippen molar-refractivity contribution in [3.8, 4) is 0 Å². The number of nitrogens with one attached hydrogen (secondary N) is 1. The van der Waals surface area contributed by atoms with Crippen molar-refractivity contribution in [2.24, 2.45) is 11.3 Å². The van der Waals surface area contributed by atoms with Crippen LogP contribution in [0.4, 0.5) is 0 Å². The molecule has 1 unspecified atom stereocenters. The van der Waals surface area contributed by atoms with Crippen LogP contribution in [0.25, 0.3) is 0 Å². The molecular weight excluding hydrogens is 358 g/mol. The number of hydrogen-bond acceptors (Lipinski definition) is 3. The molecule has 0 aliphatic carbocycles. The summed E-state index contributed by atoms with van der Waals surface area (Å²) >= 11 is 0. The highest BCUT2D eigenvalue weighted by molar-refractivity contribution is 6.26. The van der Waals surface area contributed by atoms with Gasteiger partial charge in [-0.3, -0.25) is 9.59 Å². The second-order valence-corrected chi connectivity index (χ2v) is 10.2. The fraction of sp³-hybridized carbons (Fsp3) is 0.900. The summed E-state index contributed by atoms with van der Waals surface area (Å²) in [6.45, 7) is 8.35. The van der Waals surface area contributed by atoms with Crippen LogP contribution in [-0.4, -0.2) is 85.9 Å². The Kier molecular flexibility index (Phi) is 12.1. The summed E-state index contributed by atoms with van der Waals surface area (Å²) in [5.41, 5.74) is -0.550. The van der Waals surface area contributed by atoms with Crippen molar-refractivity contribution in [1.82, 2.24) is 10.2 Å². The predicted octanol–water partition coefficient (Wildman–Crippen LogP) is 2.17. The van der Waals surface area contributed by atoms with E-state index in [-0.39, 0.29) is 17.7 Å². The van der Waals surface area contributed by atoms with E-state index in [2.05, 4.69) is 26.5 Å². The lowest BCUT2D eigenvalue weighted by atomic mass is 9.80. The maximum atomic E-state index is 12.8. The fourth-order valence-corrected chi connectivity index (χ4v) is 3.53. The van der Waals surface area contributed by atoms with Gasteiger partial charge in [-0.05, 0) is 25.3 Å². The molecule has 0 aromatic carbocycles. The van der Waals surface area contributed by atoms with Crippen LogP contribution in [0.15, 0.2) is 0 Å². The van der Waals surface area contributed by atoms with Crippen LogP contribution in [0, 0.1) is 11.3 Å². The summed E-state index contributed by atoms with van der Waals surface area (Å²) in [6.07, 6.45) is 3.22. The van der Waals surface area contributed by atoms with Crippen LogP contribution in [0.5, 0.6) is 0 Å². The Morgan fingerprint density at radius 2 is 1.85 bits per heavy atom. The molecule has 0 aliphatic heterocycles. The van der Waals surface area contributed by atoms with Crippen LogP contribution >= 0.6 is 0 Å². The standard InChI is InChI=1S/C20H41N3O3Si/c1-9-17(18(24)22(4)13-11-15-27-26-8)16-20(2,3)19(25)21-12-10-14-23(5,6)7/h17H,9-16H2,1-8H3/p+1. The van der Waals surface area contributed by atoms with E-state index in [0.717, 1.165) is 42.9 Å². The van der Waals surface area contributed by atoms with Gasteiger partial charge in [0.15, 0.2) is 0 Å². The number of carbonyl (C=O) groups is 2. The molecule has 2 amide bonds. The van der Waals surface area contributed by atoms with Gasteiger partial charge in [-0.2, -0.15) is 0 Å². The maximum Gasteiger partial charge on any atom is 0.229 e. The molecule has 27 heavy (non-hydrogen) atoms. The zero-order valence-electron chi connectivity index (χ0n) is 18.9. The molecule has 0 aromatic rings. The van der Waals surface area contributed by atoms with Gasteiger partial charge in [-0.25, -0.2) is 0 Å². The van der Waals surface area contributed by atoms with Crippen molar-refractivity contribution in [3.05, 3.63) is 0 Å². The summed E-state index contributed by atoms with van der Waals surface area (Å²) in [6, 6.07) is 0.978. The average Bonchev–Trinajstić information content (AvgIpc) is 2.58. The van der Waals surface area contributed by atoms with E-state index < -0.39 is 5.41 Å². The molecule has 2 radical (unpaired) electrons. The zero-order valence-corrected chi connectivity index (χ0v) is 19.9. The molecule has 0 aromatic heterocycles. The zero-order chi connectivity index (χ0) is 21.1. The van der Waals surface area contributed by atoms with E-state index in [1.807, 2.05) is 32.7 Å². The molecule has 0 aliphatic rings. The summed E-state index contributed by atoms with van der Waals surface area (Å²) in [5, 5.41) is 3.05. The molecule has 0 saturated carbocycles. The van der Waals surface area contributed by atoms with Gasteiger partial charge in [0.2, 0.25) is 21.6 Å². The van der Waals surface area contributed by atoms with Crippen LogP contribution in [0.2, 0.25) is 6.04 Å². The molecule has 0 spiro atoms. The highest BCUT2D eigenvalue weighted by atomic mass is 28.2. The van der Waals surface area contributed by atoms with Gasteiger partial charge in [0, 0.05) is 45.0 Å². The lowest BCUT2D eigenvalue weighted by molar-refractivity contribution is -0.870. The second kappa shape index (κ2) is 12.5. The first-order chi connectivity index (χ1) is 12.4. The summed E-state index contributed by atoms with van der Waals surface area (Å²) in [5.74, 6) is 0.0649. The van der Waals surface area contributed by atoms with Crippen molar-refractivity contribution in [1.29, 1.82) is 0 Å². The first kappa shape index (κ1) is 26.1. The Morgan fingerprint density at radius 1 is 1.22 bits per heavy atom. The molecule has 7 heteroatoms. The number of hydrogen-bond donors (Lipinski definition) is 1. The van der Waals surface area contributed by atoms with E-state index in [4.69, 9.17) is 4.43 Å². The number of rotatable bonds is 14. The predicted molar refractivity (Wildman–Crippen MR) is 113 cm³/mol. The third kappa shape index (κ3) is 11.5. The summed E-state index contributed by atoms with van der Waals surface area (Å²) in [4.78, 5) is 27.2. The topological polar surface area (TPSA) is 58.6 Å². The van der Waals surface area contributed by atoms with Crippen molar-refractivity contribution in [2.75, 3.05) is 54.9 Å². The number of carbonyl (C=O) groups excluding carboxylic acids is 2. The number of quaternary nitrogens is 1. The minimum Gasteiger partial charge on any atom is -0.421 e. The Balaban J connectivity index is 4.53. The third-order valence-corrected chi connectivity index (χ3v) is 5.64. The first-order valence-electron chi connectivity index (χ1n) is 10.0. The number of nitrogens with zero attached hydrogens (tertiary/aromatic N) is 2. The van der Waals surface area contributed by atoms with Crippen LogP contribution in [0.3, 0.4) is 0 Å². The van der Waals surface area contributed by atoms with E-state index in [0.29, 0.717) is 22.7 Å². The van der Waals surface area contributed by atoms with Crippen molar-refractivity contribution in [3.63, 3.8) is 0 Å². The van der Waals surface area contributed by atoms with E-state index in [1.165, 1.54) is 0 Å². The third-order valence-electron chi connectivity index (χ3n) is 4.80. The highest BCUT2D eigenvalue weighted by Gasteiger charge is 2.33. The van der Waals surface area contributed by atoms with Gasteiger partial charge >= 0.3 is 0 Å². The van der Waals surface area contributed by atoms with Gasteiger partial charge < -0.3 is 19.1 Å². The van der Waals surface area contributed by atoms with Crippen molar-refractivity contribution in [2.45, 2.75) is 52.5 Å². The minimum atomic E-state index is -0.550. The molecule has 1 atom stereocenters. The lowest BCUT2D eigenvalue weighted by Crippen LogP contribution is -2.43. The smallest absolute Gasteiger partial charge is 0.229 e. The molecule has 0 saturated heterocycles. The fourth-order valence-electron chi connectivity index (χ4n) is 3.02. The molecule has 0 fully saturated rings. The SMILES string of the molecule is CCC(CC(C)(C)C(=O)NCCC[N+](C)(C)C)C(=O)N(C)CCC[Si]OC. The molecule has 0 bridgehead atoms. The first-order valence-corrected chi connectivity index (χ1v) is 11.2.